The summed E-state index contributed by atoms with van der Waals surface area (Å²) in [6.07, 6.45) is 0. The zero-order valence-electron chi connectivity index (χ0n) is 6.96. The Morgan fingerprint density at radius 2 is 1.91 bits per heavy atom. The number of aliphatic imine (C=N–C) groups is 1. The first-order valence-corrected chi connectivity index (χ1v) is 3.27. The molecule has 1 saturated heterocycles. The summed E-state index contributed by atoms with van der Waals surface area (Å²) in [4.78, 5) is 18.3. The number of hydrogen-bond acceptors (Lipinski definition) is 2. The summed E-state index contributed by atoms with van der Waals surface area (Å²) in [7, 11) is 5.10. The van der Waals surface area contributed by atoms with Crippen molar-refractivity contribution in [3.05, 3.63) is 12.3 Å². The predicted octanol–water partition coefficient (Wildman–Crippen LogP) is -0.110. The Kier molecular flexibility index (Phi) is 1.68. The summed E-state index contributed by atoms with van der Waals surface area (Å²) in [5.74, 6) is 0.549. The molecule has 1 aliphatic rings. The summed E-state index contributed by atoms with van der Waals surface area (Å²) in [6.45, 7) is 3.62. The van der Waals surface area contributed by atoms with Crippen LogP contribution in [0.5, 0.6) is 0 Å². The van der Waals surface area contributed by atoms with Crippen LogP contribution >= 0.6 is 0 Å². The first kappa shape index (κ1) is 7.78. The van der Waals surface area contributed by atoms with E-state index in [1.807, 2.05) is 0 Å². The number of amides is 1. The third kappa shape index (κ3) is 0.906. The second kappa shape index (κ2) is 2.38. The van der Waals surface area contributed by atoms with Gasteiger partial charge in [-0.05, 0) is 0 Å². The maximum absolute atomic E-state index is 11.2. The third-order valence-corrected chi connectivity index (χ3v) is 1.76. The van der Waals surface area contributed by atoms with Gasteiger partial charge in [-0.1, -0.05) is 6.58 Å². The predicted molar refractivity (Wildman–Crippen MR) is 43.0 cm³/mol. The van der Waals surface area contributed by atoms with Crippen LogP contribution < -0.4 is 0 Å². The van der Waals surface area contributed by atoms with Gasteiger partial charge < -0.3 is 4.90 Å². The fourth-order valence-electron chi connectivity index (χ4n) is 1.07. The van der Waals surface area contributed by atoms with E-state index < -0.39 is 0 Å². The van der Waals surface area contributed by atoms with Crippen LogP contribution in [0.1, 0.15) is 0 Å². The van der Waals surface area contributed by atoms with Crippen LogP contribution in [0, 0.1) is 0 Å². The average Bonchev–Trinajstić information content (AvgIpc) is 2.17. The van der Waals surface area contributed by atoms with Crippen LogP contribution in [0.25, 0.3) is 0 Å². The Morgan fingerprint density at radius 1 is 1.36 bits per heavy atom. The maximum atomic E-state index is 11.2. The van der Waals surface area contributed by atoms with Crippen molar-refractivity contribution in [2.45, 2.75) is 0 Å². The van der Waals surface area contributed by atoms with E-state index in [0.717, 1.165) is 0 Å². The lowest BCUT2D eigenvalue weighted by Gasteiger charge is -2.11. The van der Waals surface area contributed by atoms with E-state index in [4.69, 9.17) is 0 Å². The third-order valence-electron chi connectivity index (χ3n) is 1.76. The Morgan fingerprint density at radius 3 is 2.09 bits per heavy atom. The van der Waals surface area contributed by atoms with Crippen molar-refractivity contribution in [1.82, 2.24) is 9.80 Å². The highest BCUT2D eigenvalue weighted by Gasteiger charge is 2.31. The number of likely N-dealkylation sites (N-methyl/N-ethyl adjacent to an activating group) is 2. The molecular weight excluding hydrogens is 142 g/mol. The van der Waals surface area contributed by atoms with E-state index in [9.17, 15) is 4.79 Å². The molecule has 0 N–H and O–H groups in total. The molecule has 60 valence electrons. The Balaban J connectivity index is 3.05. The molecule has 0 unspecified atom stereocenters. The van der Waals surface area contributed by atoms with Gasteiger partial charge in [0.25, 0.3) is 5.91 Å². The zero-order valence-corrected chi connectivity index (χ0v) is 6.96. The minimum atomic E-state index is -0.0897. The van der Waals surface area contributed by atoms with Gasteiger partial charge in [0.1, 0.15) is 5.70 Å². The molecular formula is C7H11N3O. The molecule has 1 rings (SSSR count). The second-order valence-corrected chi connectivity index (χ2v) is 2.39. The Bertz CT molecular complexity index is 222. The zero-order chi connectivity index (χ0) is 8.59. The molecule has 0 saturated carbocycles. The molecule has 0 aromatic heterocycles. The van der Waals surface area contributed by atoms with E-state index in [-0.39, 0.29) is 5.91 Å². The van der Waals surface area contributed by atoms with Gasteiger partial charge in [-0.15, -0.1) is 0 Å². The highest BCUT2D eigenvalue weighted by molar-refractivity contribution is 6.12. The van der Waals surface area contributed by atoms with Gasteiger partial charge in [0.2, 0.25) is 5.96 Å². The monoisotopic (exact) mass is 153 g/mol. The van der Waals surface area contributed by atoms with Gasteiger partial charge in [0, 0.05) is 21.1 Å². The first-order valence-electron chi connectivity index (χ1n) is 3.27. The normalized spacial score (nSPS) is 22.3. The van der Waals surface area contributed by atoms with Crippen molar-refractivity contribution in [1.29, 1.82) is 0 Å². The highest BCUT2D eigenvalue weighted by atomic mass is 16.2. The number of rotatable bonds is 0. The van der Waals surface area contributed by atoms with Gasteiger partial charge in [-0.3, -0.25) is 14.7 Å². The lowest BCUT2D eigenvalue weighted by Crippen LogP contribution is -2.29. The molecule has 1 amide bonds. The van der Waals surface area contributed by atoms with Crippen molar-refractivity contribution in [3.8, 4) is 0 Å². The summed E-state index contributed by atoms with van der Waals surface area (Å²) < 4.78 is 0. The van der Waals surface area contributed by atoms with Crippen molar-refractivity contribution in [2.75, 3.05) is 21.1 Å². The first-order chi connectivity index (χ1) is 5.09. The van der Waals surface area contributed by atoms with Gasteiger partial charge in [0.05, 0.1) is 0 Å². The van der Waals surface area contributed by atoms with Gasteiger partial charge >= 0.3 is 0 Å². The molecule has 0 spiro atoms. The fourth-order valence-corrected chi connectivity index (χ4v) is 1.07. The SMILES string of the molecule is C=C1C(=O)N(C)C(=NC)N1C. The number of carbonyl (C=O) groups excluding carboxylic acids is 1. The van der Waals surface area contributed by atoms with Crippen LogP contribution in [0.15, 0.2) is 17.3 Å². The minimum absolute atomic E-state index is 0.0897. The Labute approximate surface area is 65.8 Å². The van der Waals surface area contributed by atoms with Gasteiger partial charge in [-0.2, -0.15) is 0 Å². The molecule has 1 fully saturated rings. The van der Waals surface area contributed by atoms with Crippen LogP contribution in [0.3, 0.4) is 0 Å². The summed E-state index contributed by atoms with van der Waals surface area (Å²) >= 11 is 0. The molecule has 4 heteroatoms. The van der Waals surface area contributed by atoms with Gasteiger partial charge in [0.15, 0.2) is 0 Å². The molecule has 0 radical (unpaired) electrons. The van der Waals surface area contributed by atoms with Crippen molar-refractivity contribution >= 4 is 11.9 Å². The minimum Gasteiger partial charge on any atom is -0.311 e. The Hall–Kier alpha value is -1.32. The average molecular weight is 153 g/mol. The van der Waals surface area contributed by atoms with Crippen molar-refractivity contribution in [2.24, 2.45) is 4.99 Å². The van der Waals surface area contributed by atoms with Crippen LogP contribution in [-0.2, 0) is 4.79 Å². The van der Waals surface area contributed by atoms with E-state index in [1.54, 1.807) is 26.0 Å². The fraction of sp³-hybridized carbons (Fsp3) is 0.429. The summed E-state index contributed by atoms with van der Waals surface area (Å²) in [5, 5.41) is 0. The standard InChI is InChI=1S/C7H11N3O/c1-5-6(11)10(4)7(8-2)9(5)3/h1H2,2-4H3. The molecule has 0 atom stereocenters. The number of carbonyl (C=O) groups is 1. The van der Waals surface area contributed by atoms with E-state index in [1.165, 1.54) is 4.90 Å². The molecule has 1 heterocycles. The number of hydrogen-bond donors (Lipinski definition) is 0. The lowest BCUT2D eigenvalue weighted by atomic mass is 10.5. The molecule has 0 aliphatic carbocycles. The lowest BCUT2D eigenvalue weighted by molar-refractivity contribution is -0.121. The van der Waals surface area contributed by atoms with Gasteiger partial charge in [-0.25, -0.2) is 0 Å². The second-order valence-electron chi connectivity index (χ2n) is 2.39. The van der Waals surface area contributed by atoms with E-state index >= 15 is 0 Å². The van der Waals surface area contributed by atoms with Crippen LogP contribution in [-0.4, -0.2) is 42.8 Å². The molecule has 11 heavy (non-hydrogen) atoms. The number of guanidine groups is 1. The smallest absolute Gasteiger partial charge is 0.276 e. The molecule has 1 aliphatic heterocycles. The largest absolute Gasteiger partial charge is 0.311 e. The molecule has 0 aromatic rings. The van der Waals surface area contributed by atoms with Crippen molar-refractivity contribution in [3.63, 3.8) is 0 Å². The topological polar surface area (TPSA) is 35.9 Å². The quantitative estimate of drug-likeness (QED) is 0.455. The van der Waals surface area contributed by atoms with Crippen molar-refractivity contribution < 1.29 is 4.79 Å². The molecule has 4 nitrogen and oxygen atoms in total. The number of nitrogens with zero attached hydrogens (tertiary/aromatic N) is 3. The summed E-state index contributed by atoms with van der Waals surface area (Å²) in [5.41, 5.74) is 0.466. The van der Waals surface area contributed by atoms with Crippen LogP contribution in [0.2, 0.25) is 0 Å². The van der Waals surface area contributed by atoms with E-state index in [2.05, 4.69) is 11.6 Å². The maximum Gasteiger partial charge on any atom is 0.276 e. The molecule has 0 aromatic carbocycles. The van der Waals surface area contributed by atoms with E-state index in [0.29, 0.717) is 11.7 Å². The highest BCUT2D eigenvalue weighted by Crippen LogP contribution is 2.14. The summed E-state index contributed by atoms with van der Waals surface area (Å²) in [6, 6.07) is 0. The molecule has 0 bridgehead atoms. The van der Waals surface area contributed by atoms with Crippen LogP contribution in [0.4, 0.5) is 0 Å².